The lowest BCUT2D eigenvalue weighted by Gasteiger charge is -2.14. The smallest absolute Gasteiger partial charge is 0.141 e. The summed E-state index contributed by atoms with van der Waals surface area (Å²) in [6, 6.07) is 6.32. The predicted molar refractivity (Wildman–Crippen MR) is 73.7 cm³/mol. The van der Waals surface area contributed by atoms with Gasteiger partial charge in [-0.15, -0.1) is 0 Å². The number of nitrogens with zero attached hydrogens (tertiary/aromatic N) is 1. The molecule has 2 aromatic rings. The molecule has 1 heterocycles. The molecule has 0 aliphatic heterocycles. The average Bonchev–Trinajstić information content (AvgIpc) is 2.43. The minimum absolute atomic E-state index is 0.0788. The van der Waals surface area contributed by atoms with Crippen LogP contribution in [0.25, 0.3) is 0 Å². The average molecular weight is 280 g/mol. The molecule has 2 nitrogen and oxygen atoms in total. The van der Waals surface area contributed by atoms with Gasteiger partial charge in [-0.3, -0.25) is 4.98 Å². The van der Waals surface area contributed by atoms with Crippen LogP contribution in [0.3, 0.4) is 0 Å². The van der Waals surface area contributed by atoms with Gasteiger partial charge in [0, 0.05) is 18.8 Å². The topological polar surface area (TPSA) is 33.1 Å². The molecule has 0 spiro atoms. The monoisotopic (exact) mass is 279 g/mol. The number of aliphatic hydroxyl groups excluding tert-OH is 1. The van der Waals surface area contributed by atoms with Crippen LogP contribution in [0.2, 0.25) is 5.02 Å². The summed E-state index contributed by atoms with van der Waals surface area (Å²) in [5, 5.41) is 10.4. The highest BCUT2D eigenvalue weighted by atomic mass is 35.5. The van der Waals surface area contributed by atoms with Crippen molar-refractivity contribution in [2.75, 3.05) is 0 Å². The molecule has 100 valence electrons. The van der Waals surface area contributed by atoms with Crippen LogP contribution in [0.15, 0.2) is 36.7 Å². The maximum atomic E-state index is 13.1. The highest BCUT2D eigenvalue weighted by molar-refractivity contribution is 6.30. The number of pyridine rings is 1. The zero-order chi connectivity index (χ0) is 13.8. The maximum absolute atomic E-state index is 13.1. The van der Waals surface area contributed by atoms with Gasteiger partial charge in [0.05, 0.1) is 11.1 Å². The molecule has 0 saturated heterocycles. The Balaban J connectivity index is 2.20. The summed E-state index contributed by atoms with van der Waals surface area (Å²) in [7, 11) is 0. The van der Waals surface area contributed by atoms with E-state index in [-0.39, 0.29) is 5.02 Å². The number of aromatic nitrogens is 1. The Labute approximate surface area is 116 Å². The molecule has 0 radical (unpaired) electrons. The summed E-state index contributed by atoms with van der Waals surface area (Å²) in [6.45, 7) is 2.02. The molecule has 0 aliphatic rings. The second kappa shape index (κ2) is 6.13. The van der Waals surface area contributed by atoms with Crippen LogP contribution in [-0.4, -0.2) is 10.1 Å². The lowest BCUT2D eigenvalue weighted by atomic mass is 9.97. The van der Waals surface area contributed by atoms with E-state index in [2.05, 4.69) is 4.98 Å². The standard InChI is InChI=1S/C15H15ClFNO/c1-2-11-9-18-6-5-12(11)15(19)8-10-3-4-14(17)13(16)7-10/h3-7,9,15,19H,2,8H2,1H3. The first-order valence-electron chi connectivity index (χ1n) is 6.16. The van der Waals surface area contributed by atoms with Gasteiger partial charge in [0.25, 0.3) is 0 Å². The third kappa shape index (κ3) is 3.31. The zero-order valence-corrected chi connectivity index (χ0v) is 11.4. The molecule has 0 fully saturated rings. The van der Waals surface area contributed by atoms with Crippen molar-refractivity contribution in [3.63, 3.8) is 0 Å². The number of halogens is 2. The summed E-state index contributed by atoms with van der Waals surface area (Å²) in [5.74, 6) is -0.446. The molecular weight excluding hydrogens is 265 g/mol. The van der Waals surface area contributed by atoms with Crippen molar-refractivity contribution in [3.05, 3.63) is 64.2 Å². The number of aliphatic hydroxyl groups is 1. The summed E-state index contributed by atoms with van der Waals surface area (Å²) >= 11 is 5.74. The van der Waals surface area contributed by atoms with Crippen molar-refractivity contribution in [3.8, 4) is 0 Å². The van der Waals surface area contributed by atoms with Crippen LogP contribution in [0.1, 0.15) is 29.7 Å². The van der Waals surface area contributed by atoms with Gasteiger partial charge in [-0.1, -0.05) is 24.6 Å². The van der Waals surface area contributed by atoms with E-state index >= 15 is 0 Å². The number of hydrogen-bond donors (Lipinski definition) is 1. The lowest BCUT2D eigenvalue weighted by Crippen LogP contribution is -2.05. The number of benzene rings is 1. The zero-order valence-electron chi connectivity index (χ0n) is 10.6. The highest BCUT2D eigenvalue weighted by Crippen LogP contribution is 2.24. The molecule has 0 bridgehead atoms. The Morgan fingerprint density at radius 2 is 2.16 bits per heavy atom. The van der Waals surface area contributed by atoms with Crippen molar-refractivity contribution in [1.82, 2.24) is 4.98 Å². The van der Waals surface area contributed by atoms with E-state index in [1.807, 2.05) is 13.0 Å². The SMILES string of the molecule is CCc1cnccc1C(O)Cc1ccc(F)c(Cl)c1. The van der Waals surface area contributed by atoms with Gasteiger partial charge in [-0.2, -0.15) is 0 Å². The van der Waals surface area contributed by atoms with E-state index in [0.29, 0.717) is 6.42 Å². The van der Waals surface area contributed by atoms with Gasteiger partial charge in [0.1, 0.15) is 5.82 Å². The fourth-order valence-electron chi connectivity index (χ4n) is 2.06. The summed E-state index contributed by atoms with van der Waals surface area (Å²) < 4.78 is 13.1. The van der Waals surface area contributed by atoms with Crippen LogP contribution in [0.5, 0.6) is 0 Å². The second-order valence-corrected chi connectivity index (χ2v) is 4.80. The molecule has 1 unspecified atom stereocenters. The van der Waals surface area contributed by atoms with E-state index in [9.17, 15) is 9.50 Å². The molecule has 19 heavy (non-hydrogen) atoms. The minimum atomic E-state index is -0.639. The van der Waals surface area contributed by atoms with Crippen molar-refractivity contribution in [1.29, 1.82) is 0 Å². The molecule has 4 heteroatoms. The fraction of sp³-hybridized carbons (Fsp3) is 0.267. The Morgan fingerprint density at radius 1 is 1.37 bits per heavy atom. The van der Waals surface area contributed by atoms with Crippen molar-refractivity contribution in [2.45, 2.75) is 25.9 Å². The molecule has 1 aromatic heterocycles. The van der Waals surface area contributed by atoms with Crippen molar-refractivity contribution < 1.29 is 9.50 Å². The van der Waals surface area contributed by atoms with Crippen LogP contribution in [-0.2, 0) is 12.8 Å². The fourth-order valence-corrected chi connectivity index (χ4v) is 2.26. The largest absolute Gasteiger partial charge is 0.388 e. The molecule has 0 saturated carbocycles. The van der Waals surface area contributed by atoms with Gasteiger partial charge in [0.2, 0.25) is 0 Å². The van der Waals surface area contributed by atoms with E-state index in [1.54, 1.807) is 24.5 Å². The van der Waals surface area contributed by atoms with Crippen LogP contribution in [0, 0.1) is 5.82 Å². The van der Waals surface area contributed by atoms with E-state index < -0.39 is 11.9 Å². The van der Waals surface area contributed by atoms with Gasteiger partial charge < -0.3 is 5.11 Å². The summed E-state index contributed by atoms with van der Waals surface area (Å²) in [6.07, 6.45) is 3.99. The first-order chi connectivity index (χ1) is 9.11. The number of hydrogen-bond acceptors (Lipinski definition) is 2. The molecule has 1 N–H and O–H groups in total. The van der Waals surface area contributed by atoms with Crippen molar-refractivity contribution >= 4 is 11.6 Å². The van der Waals surface area contributed by atoms with Crippen LogP contribution >= 0.6 is 11.6 Å². The molecule has 1 aromatic carbocycles. The Hall–Kier alpha value is -1.45. The summed E-state index contributed by atoms with van der Waals surface area (Å²) in [4.78, 5) is 4.05. The molecule has 0 amide bonds. The minimum Gasteiger partial charge on any atom is -0.388 e. The Morgan fingerprint density at radius 3 is 2.84 bits per heavy atom. The maximum Gasteiger partial charge on any atom is 0.141 e. The lowest BCUT2D eigenvalue weighted by molar-refractivity contribution is 0.177. The molecular formula is C15H15ClFNO. The first-order valence-corrected chi connectivity index (χ1v) is 6.54. The summed E-state index contributed by atoms with van der Waals surface area (Å²) in [5.41, 5.74) is 2.68. The van der Waals surface area contributed by atoms with Gasteiger partial charge in [0.15, 0.2) is 0 Å². The first kappa shape index (κ1) is 14.0. The van der Waals surface area contributed by atoms with Gasteiger partial charge in [-0.05, 0) is 41.3 Å². The number of rotatable bonds is 4. The van der Waals surface area contributed by atoms with Gasteiger partial charge in [-0.25, -0.2) is 4.39 Å². The van der Waals surface area contributed by atoms with Crippen molar-refractivity contribution in [2.24, 2.45) is 0 Å². The second-order valence-electron chi connectivity index (χ2n) is 4.40. The Kier molecular flexibility index (Phi) is 4.51. The third-order valence-corrected chi connectivity index (χ3v) is 3.38. The quantitative estimate of drug-likeness (QED) is 0.925. The predicted octanol–water partition coefficient (Wildman–Crippen LogP) is 3.71. The van der Waals surface area contributed by atoms with Gasteiger partial charge >= 0.3 is 0 Å². The molecule has 2 rings (SSSR count). The normalized spacial score (nSPS) is 12.4. The van der Waals surface area contributed by atoms with Crippen LogP contribution in [0.4, 0.5) is 4.39 Å². The third-order valence-electron chi connectivity index (χ3n) is 3.09. The van der Waals surface area contributed by atoms with E-state index in [1.165, 1.54) is 6.07 Å². The number of aryl methyl sites for hydroxylation is 1. The molecule has 1 atom stereocenters. The highest BCUT2D eigenvalue weighted by Gasteiger charge is 2.13. The van der Waals surface area contributed by atoms with E-state index in [0.717, 1.165) is 23.1 Å². The molecule has 0 aliphatic carbocycles. The van der Waals surface area contributed by atoms with E-state index in [4.69, 9.17) is 11.6 Å². The Bertz CT molecular complexity index is 574. The van der Waals surface area contributed by atoms with Crippen LogP contribution < -0.4 is 0 Å².